The van der Waals surface area contributed by atoms with Gasteiger partial charge in [-0.05, 0) is 37.1 Å². The molecular weight excluding hydrogens is 290 g/mol. The highest BCUT2D eigenvalue weighted by atomic mass is 35.5. The van der Waals surface area contributed by atoms with Gasteiger partial charge in [0.2, 0.25) is 5.91 Å². The molecule has 2 rings (SSSR count). The summed E-state index contributed by atoms with van der Waals surface area (Å²) >= 11 is 0. The number of halogens is 1. The molecule has 0 saturated carbocycles. The molecule has 1 saturated heterocycles. The maximum absolute atomic E-state index is 11.8. The summed E-state index contributed by atoms with van der Waals surface area (Å²) in [6.07, 6.45) is 1.65. The molecule has 5 nitrogen and oxygen atoms in total. The van der Waals surface area contributed by atoms with Crippen LogP contribution >= 0.6 is 12.4 Å². The molecule has 0 radical (unpaired) electrons. The Morgan fingerprint density at radius 3 is 2.86 bits per heavy atom. The molecular formula is C15H22ClN3O2. The van der Waals surface area contributed by atoms with Crippen LogP contribution in [0.2, 0.25) is 0 Å². The lowest BCUT2D eigenvalue weighted by atomic mass is 10.1. The summed E-state index contributed by atoms with van der Waals surface area (Å²) in [5.74, 6) is 0.137. The van der Waals surface area contributed by atoms with E-state index in [0.717, 1.165) is 31.5 Å². The van der Waals surface area contributed by atoms with Crippen molar-refractivity contribution in [2.45, 2.75) is 12.8 Å². The zero-order valence-corrected chi connectivity index (χ0v) is 13.0. The molecule has 2 amide bonds. The molecule has 0 bridgehead atoms. The quantitative estimate of drug-likeness (QED) is 0.751. The number of nitrogens with one attached hydrogen (secondary N) is 3. The highest BCUT2D eigenvalue weighted by Crippen LogP contribution is 2.08. The fourth-order valence-corrected chi connectivity index (χ4v) is 2.37. The van der Waals surface area contributed by atoms with Crippen LogP contribution in [0.3, 0.4) is 0 Å². The molecule has 1 fully saturated rings. The van der Waals surface area contributed by atoms with Crippen molar-refractivity contribution in [3.63, 3.8) is 0 Å². The molecule has 1 aliphatic rings. The second-order valence-electron chi connectivity index (χ2n) is 5.01. The lowest BCUT2D eigenvalue weighted by molar-refractivity contribution is -0.124. The second kappa shape index (κ2) is 8.64. The fourth-order valence-electron chi connectivity index (χ4n) is 2.37. The molecule has 3 N–H and O–H groups in total. The SMILES string of the molecule is CNC(=O)c1cccc(CCNC(=O)C2CCNC2)c1.Cl. The number of amides is 2. The Morgan fingerprint density at radius 2 is 2.19 bits per heavy atom. The standard InChI is InChI=1S/C15H21N3O2.ClH/c1-16-14(19)12-4-2-3-11(9-12)5-8-18-15(20)13-6-7-17-10-13;/h2-4,9,13,17H,5-8,10H2,1H3,(H,16,19)(H,18,20);1H. The van der Waals surface area contributed by atoms with E-state index in [1.807, 2.05) is 18.2 Å². The number of hydrogen-bond acceptors (Lipinski definition) is 3. The van der Waals surface area contributed by atoms with Crippen LogP contribution in [0, 0.1) is 5.92 Å². The minimum Gasteiger partial charge on any atom is -0.355 e. The summed E-state index contributed by atoms with van der Waals surface area (Å²) < 4.78 is 0. The number of carbonyl (C=O) groups excluding carboxylic acids is 2. The van der Waals surface area contributed by atoms with Crippen LogP contribution in [0.5, 0.6) is 0 Å². The van der Waals surface area contributed by atoms with E-state index < -0.39 is 0 Å². The van der Waals surface area contributed by atoms with E-state index in [9.17, 15) is 9.59 Å². The summed E-state index contributed by atoms with van der Waals surface area (Å²) in [6, 6.07) is 7.48. The largest absolute Gasteiger partial charge is 0.355 e. The first kappa shape index (κ1) is 17.5. The van der Waals surface area contributed by atoms with Crippen LogP contribution in [-0.2, 0) is 11.2 Å². The zero-order chi connectivity index (χ0) is 14.4. The molecule has 116 valence electrons. The lowest BCUT2D eigenvalue weighted by Gasteiger charge is -2.10. The summed E-state index contributed by atoms with van der Waals surface area (Å²) in [6.45, 7) is 2.30. The molecule has 1 aromatic carbocycles. The van der Waals surface area contributed by atoms with E-state index in [2.05, 4.69) is 16.0 Å². The van der Waals surface area contributed by atoms with Gasteiger partial charge in [-0.15, -0.1) is 12.4 Å². The van der Waals surface area contributed by atoms with Crippen LogP contribution in [0.1, 0.15) is 22.3 Å². The highest BCUT2D eigenvalue weighted by molar-refractivity contribution is 5.94. The van der Waals surface area contributed by atoms with Crippen LogP contribution in [-0.4, -0.2) is 38.5 Å². The molecule has 21 heavy (non-hydrogen) atoms. The van der Waals surface area contributed by atoms with Crippen LogP contribution in [0.4, 0.5) is 0 Å². The third kappa shape index (κ3) is 5.02. The molecule has 1 atom stereocenters. The monoisotopic (exact) mass is 311 g/mol. The van der Waals surface area contributed by atoms with Crippen LogP contribution < -0.4 is 16.0 Å². The summed E-state index contributed by atoms with van der Waals surface area (Å²) in [4.78, 5) is 23.4. The highest BCUT2D eigenvalue weighted by Gasteiger charge is 2.21. The third-order valence-corrected chi connectivity index (χ3v) is 3.56. The predicted molar refractivity (Wildman–Crippen MR) is 84.8 cm³/mol. The minimum atomic E-state index is -0.0899. The van der Waals surface area contributed by atoms with E-state index in [-0.39, 0.29) is 30.1 Å². The predicted octanol–water partition coefficient (Wildman–Crippen LogP) is 0.736. The molecule has 1 aliphatic heterocycles. The lowest BCUT2D eigenvalue weighted by Crippen LogP contribution is -2.33. The number of carbonyl (C=O) groups is 2. The first-order chi connectivity index (χ1) is 9.70. The first-order valence-corrected chi connectivity index (χ1v) is 7.00. The molecule has 1 unspecified atom stereocenters. The van der Waals surface area contributed by atoms with Gasteiger partial charge >= 0.3 is 0 Å². The molecule has 0 spiro atoms. The van der Waals surface area contributed by atoms with E-state index >= 15 is 0 Å². The van der Waals surface area contributed by atoms with Gasteiger partial charge in [-0.25, -0.2) is 0 Å². The zero-order valence-electron chi connectivity index (χ0n) is 12.1. The Balaban J connectivity index is 0.00000220. The Kier molecular flexibility index (Phi) is 7.19. The van der Waals surface area contributed by atoms with Crippen molar-refractivity contribution < 1.29 is 9.59 Å². The summed E-state index contributed by atoms with van der Waals surface area (Å²) in [5, 5.41) is 8.74. The van der Waals surface area contributed by atoms with Crippen molar-refractivity contribution in [2.75, 3.05) is 26.7 Å². The maximum atomic E-state index is 11.8. The van der Waals surface area contributed by atoms with Crippen molar-refractivity contribution in [1.29, 1.82) is 0 Å². The number of rotatable bonds is 5. The number of hydrogen-bond donors (Lipinski definition) is 3. The minimum absolute atomic E-state index is 0. The summed E-state index contributed by atoms with van der Waals surface area (Å²) in [7, 11) is 1.62. The van der Waals surface area contributed by atoms with Gasteiger partial charge in [-0.2, -0.15) is 0 Å². The second-order valence-corrected chi connectivity index (χ2v) is 5.01. The smallest absolute Gasteiger partial charge is 0.251 e. The van der Waals surface area contributed by atoms with Crippen molar-refractivity contribution in [1.82, 2.24) is 16.0 Å². The van der Waals surface area contributed by atoms with Gasteiger partial charge in [0.1, 0.15) is 0 Å². The van der Waals surface area contributed by atoms with Gasteiger partial charge in [0.25, 0.3) is 5.91 Å². The van der Waals surface area contributed by atoms with Gasteiger partial charge < -0.3 is 16.0 Å². The van der Waals surface area contributed by atoms with Crippen molar-refractivity contribution >= 4 is 24.2 Å². The van der Waals surface area contributed by atoms with E-state index in [1.165, 1.54) is 0 Å². The average molecular weight is 312 g/mol. The van der Waals surface area contributed by atoms with Crippen LogP contribution in [0.25, 0.3) is 0 Å². The Bertz CT molecular complexity index is 488. The van der Waals surface area contributed by atoms with Gasteiger partial charge in [0.15, 0.2) is 0 Å². The Morgan fingerprint density at radius 1 is 1.38 bits per heavy atom. The first-order valence-electron chi connectivity index (χ1n) is 7.00. The van der Waals surface area contributed by atoms with E-state index in [0.29, 0.717) is 12.1 Å². The molecule has 1 aromatic rings. The maximum Gasteiger partial charge on any atom is 0.251 e. The molecule has 0 aliphatic carbocycles. The Hall–Kier alpha value is -1.59. The average Bonchev–Trinajstić information content (AvgIpc) is 3.01. The normalized spacial score (nSPS) is 16.9. The summed E-state index contributed by atoms with van der Waals surface area (Å²) in [5.41, 5.74) is 1.70. The Labute approximate surface area is 131 Å². The topological polar surface area (TPSA) is 70.2 Å². The van der Waals surface area contributed by atoms with Gasteiger partial charge in [0, 0.05) is 25.7 Å². The molecule has 6 heteroatoms. The number of benzene rings is 1. The van der Waals surface area contributed by atoms with Gasteiger partial charge in [-0.3, -0.25) is 9.59 Å². The molecule has 1 heterocycles. The van der Waals surface area contributed by atoms with E-state index in [4.69, 9.17) is 0 Å². The van der Waals surface area contributed by atoms with E-state index in [1.54, 1.807) is 13.1 Å². The van der Waals surface area contributed by atoms with Gasteiger partial charge in [0.05, 0.1) is 5.92 Å². The molecule has 0 aromatic heterocycles. The van der Waals surface area contributed by atoms with Crippen molar-refractivity contribution in [2.24, 2.45) is 5.92 Å². The fraction of sp³-hybridized carbons (Fsp3) is 0.467. The van der Waals surface area contributed by atoms with Crippen molar-refractivity contribution in [3.8, 4) is 0 Å². The third-order valence-electron chi connectivity index (χ3n) is 3.56. The van der Waals surface area contributed by atoms with Crippen LogP contribution in [0.15, 0.2) is 24.3 Å². The van der Waals surface area contributed by atoms with Crippen molar-refractivity contribution in [3.05, 3.63) is 35.4 Å². The van der Waals surface area contributed by atoms with Gasteiger partial charge in [-0.1, -0.05) is 12.1 Å².